The summed E-state index contributed by atoms with van der Waals surface area (Å²) in [6.07, 6.45) is 8.30. The Labute approximate surface area is 125 Å². The molecule has 0 aliphatic rings. The van der Waals surface area contributed by atoms with Gasteiger partial charge in [0.05, 0.1) is 0 Å². The normalized spacial score (nSPS) is 9.88. The van der Waals surface area contributed by atoms with Crippen LogP contribution in [0.15, 0.2) is 48.9 Å². The van der Waals surface area contributed by atoms with Crippen molar-refractivity contribution in [3.8, 4) is 11.1 Å². The molecule has 2 aromatic heterocycles. The molecular formula is C14H8N2Y-2. The summed E-state index contributed by atoms with van der Waals surface area (Å²) in [6, 6.07) is 13.1. The Balaban J connectivity index is 0.00000108. The third-order valence-electron chi connectivity index (χ3n) is 2.47. The van der Waals surface area contributed by atoms with Crippen LogP contribution in [0.1, 0.15) is 0 Å². The van der Waals surface area contributed by atoms with E-state index in [1.54, 1.807) is 12.4 Å². The first-order chi connectivity index (χ1) is 7.93. The molecule has 0 N–H and O–H groups in total. The van der Waals surface area contributed by atoms with E-state index in [1.807, 2.05) is 30.5 Å². The van der Waals surface area contributed by atoms with Gasteiger partial charge >= 0.3 is 0 Å². The molecule has 0 spiro atoms. The number of hydrogen-bond donors (Lipinski definition) is 0. The van der Waals surface area contributed by atoms with Crippen LogP contribution >= 0.6 is 0 Å². The van der Waals surface area contributed by atoms with Crippen molar-refractivity contribution in [3.05, 3.63) is 61.2 Å². The molecule has 1 radical (unpaired) electrons. The molecule has 2 nitrogen and oxygen atoms in total. The van der Waals surface area contributed by atoms with Crippen LogP contribution in [0.25, 0.3) is 21.9 Å². The van der Waals surface area contributed by atoms with Crippen molar-refractivity contribution in [2.45, 2.75) is 0 Å². The molecule has 3 rings (SSSR count). The van der Waals surface area contributed by atoms with Crippen LogP contribution in [0.3, 0.4) is 0 Å². The van der Waals surface area contributed by atoms with Crippen molar-refractivity contribution in [2.75, 3.05) is 0 Å². The van der Waals surface area contributed by atoms with E-state index >= 15 is 0 Å². The summed E-state index contributed by atoms with van der Waals surface area (Å²) in [6.45, 7) is 0. The van der Waals surface area contributed by atoms with Gasteiger partial charge in [-0.25, -0.2) is 11.1 Å². The number of aromatic nitrogens is 2. The number of benzene rings is 1. The molecule has 2 heterocycles. The van der Waals surface area contributed by atoms with Crippen molar-refractivity contribution >= 4 is 10.8 Å². The maximum atomic E-state index is 4.11. The third kappa shape index (κ3) is 2.59. The van der Waals surface area contributed by atoms with Gasteiger partial charge in [-0.3, -0.25) is 4.98 Å². The molecule has 0 saturated heterocycles. The standard InChI is InChI=1S/C14H8N2.Y/c1-2-13(9-15-6-1)12-4-3-11-5-7-16-10-14(11)8-12;/h1-3,5-8,10H;/q-2;. The van der Waals surface area contributed by atoms with Crippen molar-refractivity contribution in [3.63, 3.8) is 0 Å². The molecule has 1 aromatic carbocycles. The Morgan fingerprint density at radius 1 is 1.00 bits per heavy atom. The predicted octanol–water partition coefficient (Wildman–Crippen LogP) is 2.89. The monoisotopic (exact) mass is 293 g/mol. The first-order valence-electron chi connectivity index (χ1n) is 5.02. The minimum atomic E-state index is 0. The number of pyridine rings is 2. The quantitative estimate of drug-likeness (QED) is 0.645. The van der Waals surface area contributed by atoms with Gasteiger partial charge in [0.25, 0.3) is 0 Å². The molecule has 0 atom stereocenters. The summed E-state index contributed by atoms with van der Waals surface area (Å²) in [7, 11) is 0. The molecule has 0 aliphatic carbocycles. The van der Waals surface area contributed by atoms with E-state index in [0.29, 0.717) is 0 Å². The van der Waals surface area contributed by atoms with Crippen molar-refractivity contribution in [1.82, 2.24) is 9.97 Å². The average molecular weight is 293 g/mol. The Bertz CT molecular complexity index is 623. The second-order valence-corrected chi connectivity index (χ2v) is 3.51. The maximum absolute atomic E-state index is 4.11. The number of fused-ring (bicyclic) bond motifs is 1. The van der Waals surface area contributed by atoms with E-state index in [0.717, 1.165) is 21.9 Å². The van der Waals surface area contributed by atoms with E-state index in [2.05, 4.69) is 28.3 Å². The Hall–Kier alpha value is -1.12. The van der Waals surface area contributed by atoms with Gasteiger partial charge < -0.3 is 4.98 Å². The zero-order valence-electron chi connectivity index (χ0n) is 9.09. The molecule has 79 valence electrons. The molecule has 0 amide bonds. The van der Waals surface area contributed by atoms with Crippen LogP contribution in [0, 0.1) is 12.3 Å². The van der Waals surface area contributed by atoms with Gasteiger partial charge in [0.15, 0.2) is 0 Å². The molecule has 0 fully saturated rings. The maximum Gasteiger partial charge on any atom is 0.0181 e. The summed E-state index contributed by atoms with van der Waals surface area (Å²) in [4.78, 5) is 8.09. The van der Waals surface area contributed by atoms with Gasteiger partial charge in [0, 0.05) is 45.1 Å². The SMILES string of the molecule is [Y].[c-]1ncccc1-c1[c-]cc2ccncc2c1. The van der Waals surface area contributed by atoms with Crippen LogP contribution in [0.2, 0.25) is 0 Å². The summed E-state index contributed by atoms with van der Waals surface area (Å²) in [5.41, 5.74) is 1.95. The summed E-state index contributed by atoms with van der Waals surface area (Å²) >= 11 is 0. The Morgan fingerprint density at radius 2 is 1.94 bits per heavy atom. The number of hydrogen-bond acceptors (Lipinski definition) is 2. The van der Waals surface area contributed by atoms with Crippen LogP contribution < -0.4 is 0 Å². The Morgan fingerprint density at radius 3 is 2.76 bits per heavy atom. The second-order valence-electron chi connectivity index (χ2n) is 3.51. The fourth-order valence-electron chi connectivity index (χ4n) is 1.65. The van der Waals surface area contributed by atoms with Crippen molar-refractivity contribution in [2.24, 2.45) is 0 Å². The summed E-state index contributed by atoms with van der Waals surface area (Å²) in [5, 5.41) is 2.25. The second kappa shape index (κ2) is 5.48. The van der Waals surface area contributed by atoms with Crippen LogP contribution in [0.5, 0.6) is 0 Å². The molecular weight excluding hydrogens is 285 g/mol. The van der Waals surface area contributed by atoms with E-state index in [9.17, 15) is 0 Å². The van der Waals surface area contributed by atoms with E-state index in [4.69, 9.17) is 0 Å². The molecule has 3 heteroatoms. The smallest absolute Gasteiger partial charge is 0.0181 e. The van der Waals surface area contributed by atoms with Gasteiger partial charge in [-0.2, -0.15) is 18.2 Å². The van der Waals surface area contributed by atoms with Crippen molar-refractivity contribution < 1.29 is 32.7 Å². The first kappa shape index (κ1) is 12.3. The molecule has 0 aliphatic heterocycles. The van der Waals surface area contributed by atoms with Crippen LogP contribution in [0.4, 0.5) is 0 Å². The zero-order chi connectivity index (χ0) is 10.8. The molecule has 0 unspecified atom stereocenters. The van der Waals surface area contributed by atoms with Crippen molar-refractivity contribution in [1.29, 1.82) is 0 Å². The van der Waals surface area contributed by atoms with Crippen LogP contribution in [-0.4, -0.2) is 9.97 Å². The first-order valence-corrected chi connectivity index (χ1v) is 5.02. The zero-order valence-corrected chi connectivity index (χ0v) is 11.9. The molecule has 0 bridgehead atoms. The van der Waals surface area contributed by atoms with Gasteiger partial charge in [-0.15, -0.1) is 12.1 Å². The fourth-order valence-corrected chi connectivity index (χ4v) is 1.65. The third-order valence-corrected chi connectivity index (χ3v) is 2.47. The van der Waals surface area contributed by atoms with Crippen LogP contribution in [-0.2, 0) is 32.7 Å². The van der Waals surface area contributed by atoms with Gasteiger partial charge in [0.1, 0.15) is 0 Å². The topological polar surface area (TPSA) is 25.8 Å². The van der Waals surface area contributed by atoms with E-state index in [-0.39, 0.29) is 32.7 Å². The minimum Gasteiger partial charge on any atom is -0.371 e. The number of rotatable bonds is 1. The fraction of sp³-hybridized carbons (Fsp3) is 0. The summed E-state index contributed by atoms with van der Waals surface area (Å²) < 4.78 is 0. The van der Waals surface area contributed by atoms with E-state index in [1.165, 1.54) is 0 Å². The Kier molecular flexibility index (Phi) is 3.98. The van der Waals surface area contributed by atoms with Gasteiger partial charge in [-0.1, -0.05) is 29.2 Å². The van der Waals surface area contributed by atoms with E-state index < -0.39 is 0 Å². The molecule has 3 aromatic rings. The molecule has 17 heavy (non-hydrogen) atoms. The minimum absolute atomic E-state index is 0. The molecule has 0 saturated carbocycles. The summed E-state index contributed by atoms with van der Waals surface area (Å²) in [5.74, 6) is 0. The number of nitrogens with zero attached hydrogens (tertiary/aromatic N) is 2. The van der Waals surface area contributed by atoms with Gasteiger partial charge in [-0.05, 0) is 0 Å². The van der Waals surface area contributed by atoms with Gasteiger partial charge in [0.2, 0.25) is 0 Å². The predicted molar refractivity (Wildman–Crippen MR) is 62.6 cm³/mol. The largest absolute Gasteiger partial charge is 0.371 e. The average Bonchev–Trinajstić information content (AvgIpc) is 2.39.